The van der Waals surface area contributed by atoms with Gasteiger partial charge in [0.25, 0.3) is 0 Å². The number of aromatic nitrogens is 2. The maximum atomic E-state index is 4.88. The Kier molecular flexibility index (Phi) is 3.09. The van der Waals surface area contributed by atoms with Crippen LogP contribution in [0.2, 0.25) is 0 Å². The van der Waals surface area contributed by atoms with Crippen molar-refractivity contribution in [2.24, 2.45) is 0 Å². The Morgan fingerprint density at radius 1 is 1.21 bits per heavy atom. The minimum absolute atomic E-state index is 0.131. The van der Waals surface area contributed by atoms with Crippen LogP contribution in [0.15, 0.2) is 18.2 Å². The number of benzene rings is 1. The van der Waals surface area contributed by atoms with E-state index in [1.54, 1.807) is 0 Å². The fraction of sp³-hybridized carbons (Fsp3) is 0.562. The fourth-order valence-electron chi connectivity index (χ4n) is 2.91. The van der Waals surface area contributed by atoms with E-state index in [1.165, 1.54) is 24.8 Å². The van der Waals surface area contributed by atoms with Gasteiger partial charge in [0.1, 0.15) is 5.82 Å². The van der Waals surface area contributed by atoms with Crippen LogP contribution in [-0.4, -0.2) is 16.5 Å². The average molecular weight is 257 g/mol. The Labute approximate surface area is 114 Å². The average Bonchev–Trinajstić information content (AvgIpc) is 2.82. The van der Waals surface area contributed by atoms with Crippen LogP contribution in [0.3, 0.4) is 0 Å². The molecule has 1 atom stereocenters. The van der Waals surface area contributed by atoms with Gasteiger partial charge in [0.05, 0.1) is 17.1 Å². The van der Waals surface area contributed by atoms with Gasteiger partial charge in [-0.15, -0.1) is 0 Å². The van der Waals surface area contributed by atoms with E-state index < -0.39 is 0 Å². The van der Waals surface area contributed by atoms with Gasteiger partial charge >= 0.3 is 0 Å². The molecule has 0 aliphatic carbocycles. The highest BCUT2D eigenvalue weighted by atomic mass is 15.0. The topological polar surface area (TPSA) is 40.7 Å². The summed E-state index contributed by atoms with van der Waals surface area (Å²) in [6.07, 6.45) is 3.76. The van der Waals surface area contributed by atoms with Crippen molar-refractivity contribution in [2.45, 2.75) is 51.5 Å². The summed E-state index contributed by atoms with van der Waals surface area (Å²) < 4.78 is 0. The van der Waals surface area contributed by atoms with Crippen molar-refractivity contribution >= 4 is 11.0 Å². The largest absolute Gasteiger partial charge is 0.341 e. The number of nitrogens with one attached hydrogen (secondary N) is 2. The molecule has 1 aliphatic rings. The molecule has 2 N–H and O–H groups in total. The third-order valence-corrected chi connectivity index (χ3v) is 3.98. The van der Waals surface area contributed by atoms with Gasteiger partial charge in [0.2, 0.25) is 0 Å². The van der Waals surface area contributed by atoms with Crippen molar-refractivity contribution in [3.8, 4) is 0 Å². The maximum Gasteiger partial charge on any atom is 0.124 e. The monoisotopic (exact) mass is 257 g/mol. The Hall–Kier alpha value is -1.35. The summed E-state index contributed by atoms with van der Waals surface area (Å²) in [7, 11) is 0. The smallest absolute Gasteiger partial charge is 0.124 e. The van der Waals surface area contributed by atoms with Crippen molar-refractivity contribution in [3.63, 3.8) is 0 Å². The predicted molar refractivity (Wildman–Crippen MR) is 79.4 cm³/mol. The second-order valence-electron chi connectivity index (χ2n) is 6.58. The summed E-state index contributed by atoms with van der Waals surface area (Å²) in [6, 6.07) is 6.85. The summed E-state index contributed by atoms with van der Waals surface area (Å²) in [4.78, 5) is 8.39. The Morgan fingerprint density at radius 2 is 2.05 bits per heavy atom. The van der Waals surface area contributed by atoms with Crippen LogP contribution in [0.25, 0.3) is 11.0 Å². The van der Waals surface area contributed by atoms with Crippen molar-refractivity contribution in [1.82, 2.24) is 15.3 Å². The highest BCUT2D eigenvalue weighted by Crippen LogP contribution is 2.30. The van der Waals surface area contributed by atoms with Crippen LogP contribution in [-0.2, 0) is 5.41 Å². The lowest BCUT2D eigenvalue weighted by Gasteiger charge is -2.21. The van der Waals surface area contributed by atoms with Crippen LogP contribution < -0.4 is 5.32 Å². The van der Waals surface area contributed by atoms with Gasteiger partial charge in [-0.3, -0.25) is 0 Å². The van der Waals surface area contributed by atoms with Gasteiger partial charge in [-0.25, -0.2) is 4.98 Å². The molecule has 102 valence electrons. The van der Waals surface area contributed by atoms with Gasteiger partial charge in [-0.2, -0.15) is 0 Å². The molecule has 1 aromatic carbocycles. The molecule has 0 spiro atoms. The molecule has 1 fully saturated rings. The number of H-pyrrole nitrogens is 1. The molecular formula is C16H23N3. The van der Waals surface area contributed by atoms with Crippen LogP contribution in [0.4, 0.5) is 0 Å². The zero-order valence-electron chi connectivity index (χ0n) is 12.1. The standard InChI is InChI=1S/C16H23N3/c1-16(2,3)11-7-6-9-12-14(11)19-15(18-12)13-8-4-5-10-17-13/h6-7,9,13,17H,4-5,8,10H2,1-3H3,(H,18,19). The van der Waals surface area contributed by atoms with Crippen LogP contribution in [0.5, 0.6) is 0 Å². The van der Waals surface area contributed by atoms with E-state index >= 15 is 0 Å². The van der Waals surface area contributed by atoms with E-state index in [4.69, 9.17) is 4.98 Å². The molecular weight excluding hydrogens is 234 g/mol. The van der Waals surface area contributed by atoms with Crippen LogP contribution >= 0.6 is 0 Å². The first-order valence-corrected chi connectivity index (χ1v) is 7.28. The van der Waals surface area contributed by atoms with Gasteiger partial charge in [0, 0.05) is 0 Å². The summed E-state index contributed by atoms with van der Waals surface area (Å²) in [5.41, 5.74) is 3.75. The number of para-hydroxylation sites is 1. The van der Waals surface area contributed by atoms with Gasteiger partial charge in [0.15, 0.2) is 0 Å². The number of aromatic amines is 1. The summed E-state index contributed by atoms with van der Waals surface area (Å²) in [5.74, 6) is 1.10. The molecule has 19 heavy (non-hydrogen) atoms. The minimum atomic E-state index is 0.131. The van der Waals surface area contributed by atoms with E-state index in [-0.39, 0.29) is 5.41 Å². The molecule has 0 saturated carbocycles. The van der Waals surface area contributed by atoms with E-state index in [0.29, 0.717) is 6.04 Å². The van der Waals surface area contributed by atoms with Crippen LogP contribution in [0, 0.1) is 0 Å². The Morgan fingerprint density at radius 3 is 2.74 bits per heavy atom. The first-order chi connectivity index (χ1) is 9.05. The number of hydrogen-bond donors (Lipinski definition) is 2. The highest BCUT2D eigenvalue weighted by molar-refractivity contribution is 5.80. The normalized spacial score (nSPS) is 20.9. The third kappa shape index (κ3) is 2.39. The molecule has 1 unspecified atom stereocenters. The minimum Gasteiger partial charge on any atom is -0.341 e. The zero-order valence-corrected chi connectivity index (χ0v) is 12.1. The lowest BCUT2D eigenvalue weighted by Crippen LogP contribution is -2.27. The number of imidazole rings is 1. The lowest BCUT2D eigenvalue weighted by atomic mass is 9.86. The summed E-state index contributed by atoms with van der Waals surface area (Å²) >= 11 is 0. The molecule has 2 heterocycles. The van der Waals surface area contributed by atoms with E-state index in [2.05, 4.69) is 49.3 Å². The molecule has 0 amide bonds. The number of nitrogens with zero attached hydrogens (tertiary/aromatic N) is 1. The molecule has 0 radical (unpaired) electrons. The Bertz CT molecular complexity index is 571. The second kappa shape index (κ2) is 4.64. The quantitative estimate of drug-likeness (QED) is 0.818. The molecule has 3 nitrogen and oxygen atoms in total. The SMILES string of the molecule is CC(C)(C)c1cccc2[nH]c(C3CCCCN3)nc12. The van der Waals surface area contributed by atoms with Crippen molar-refractivity contribution < 1.29 is 0 Å². The number of rotatable bonds is 1. The first-order valence-electron chi connectivity index (χ1n) is 7.28. The second-order valence-corrected chi connectivity index (χ2v) is 6.58. The van der Waals surface area contributed by atoms with Crippen LogP contribution in [0.1, 0.15) is 57.5 Å². The fourth-order valence-corrected chi connectivity index (χ4v) is 2.91. The van der Waals surface area contributed by atoms with Gasteiger partial charge in [-0.1, -0.05) is 39.3 Å². The van der Waals surface area contributed by atoms with E-state index in [1.807, 2.05) is 0 Å². The number of fused-ring (bicyclic) bond motifs is 1. The first kappa shape index (κ1) is 12.7. The lowest BCUT2D eigenvalue weighted by molar-refractivity contribution is 0.400. The summed E-state index contributed by atoms with van der Waals surface area (Å²) in [5, 5.41) is 3.56. The summed E-state index contributed by atoms with van der Waals surface area (Å²) in [6.45, 7) is 7.84. The molecule has 2 aromatic rings. The Balaban J connectivity index is 2.05. The number of hydrogen-bond acceptors (Lipinski definition) is 2. The van der Waals surface area contributed by atoms with E-state index in [9.17, 15) is 0 Å². The molecule has 3 heteroatoms. The highest BCUT2D eigenvalue weighted by Gasteiger charge is 2.22. The zero-order chi connectivity index (χ0) is 13.5. The van der Waals surface area contributed by atoms with Crippen molar-refractivity contribution in [1.29, 1.82) is 0 Å². The molecule has 1 aliphatic heterocycles. The van der Waals surface area contributed by atoms with Crippen molar-refractivity contribution in [3.05, 3.63) is 29.6 Å². The van der Waals surface area contributed by atoms with Gasteiger partial charge in [-0.05, 0) is 36.4 Å². The number of piperidine rings is 1. The van der Waals surface area contributed by atoms with E-state index in [0.717, 1.165) is 23.4 Å². The molecule has 0 bridgehead atoms. The third-order valence-electron chi connectivity index (χ3n) is 3.98. The maximum absolute atomic E-state index is 4.88. The van der Waals surface area contributed by atoms with Gasteiger partial charge < -0.3 is 10.3 Å². The molecule has 1 saturated heterocycles. The molecule has 3 rings (SSSR count). The predicted octanol–water partition coefficient (Wildman–Crippen LogP) is 3.68. The van der Waals surface area contributed by atoms with Crippen molar-refractivity contribution in [2.75, 3.05) is 6.54 Å². The molecule has 1 aromatic heterocycles.